The van der Waals surface area contributed by atoms with Crippen LogP contribution in [0.4, 0.5) is 19.0 Å². The summed E-state index contributed by atoms with van der Waals surface area (Å²) in [5, 5.41) is 16.0. The molecule has 9 heteroatoms. The number of nitriles is 1. The molecule has 0 aliphatic rings. The Balaban J connectivity index is 0.00000106. The largest absolute Gasteiger partial charge is 0.416 e. The lowest BCUT2D eigenvalue weighted by Crippen LogP contribution is -2.13. The second-order valence-electron chi connectivity index (χ2n) is 10.1. The summed E-state index contributed by atoms with van der Waals surface area (Å²) in [7, 11) is 0. The number of nitrogens with one attached hydrogen (secondary N) is 1. The van der Waals surface area contributed by atoms with Crippen LogP contribution in [-0.2, 0) is 22.3 Å². The molecule has 0 saturated heterocycles. The van der Waals surface area contributed by atoms with E-state index in [9.17, 15) is 18.0 Å². The molecule has 1 heterocycles. The number of carbonyl (C=O) groups is 1. The van der Waals surface area contributed by atoms with Crippen LogP contribution in [0.1, 0.15) is 54.0 Å². The van der Waals surface area contributed by atoms with E-state index in [-0.39, 0.29) is 22.4 Å². The van der Waals surface area contributed by atoms with Crippen LogP contribution in [0.15, 0.2) is 114 Å². The number of carbonyl (C=O) groups excluding carboxylic acids is 1. The minimum absolute atomic E-state index is 0.0333. The van der Waals surface area contributed by atoms with E-state index in [0.29, 0.717) is 18.7 Å². The molecule has 6 nitrogen and oxygen atoms in total. The molecule has 0 fully saturated rings. The van der Waals surface area contributed by atoms with Crippen molar-refractivity contribution in [2.75, 3.05) is 18.5 Å². The number of rotatable bonds is 11. The van der Waals surface area contributed by atoms with Gasteiger partial charge in [-0.2, -0.15) is 23.5 Å². The van der Waals surface area contributed by atoms with Gasteiger partial charge in [-0.05, 0) is 72.7 Å². The van der Waals surface area contributed by atoms with Crippen molar-refractivity contribution < 1.29 is 22.7 Å². The Kier molecular flexibility index (Phi) is 18.2. The third-order valence-corrected chi connectivity index (χ3v) is 6.21. The zero-order chi connectivity index (χ0) is 34.7. The Morgan fingerprint density at radius 1 is 1.04 bits per heavy atom. The smallest absolute Gasteiger partial charge is 0.373 e. The molecule has 1 N–H and O–H groups in total. The summed E-state index contributed by atoms with van der Waals surface area (Å²) < 4.78 is 46.2. The summed E-state index contributed by atoms with van der Waals surface area (Å²) in [5.74, 6) is -0.509. The predicted octanol–water partition coefficient (Wildman–Crippen LogP) is 9.84. The highest BCUT2D eigenvalue weighted by Gasteiger charge is 2.31. The fourth-order valence-corrected chi connectivity index (χ4v) is 2.93. The van der Waals surface area contributed by atoms with Gasteiger partial charge in [-0.1, -0.05) is 72.4 Å². The van der Waals surface area contributed by atoms with Crippen LogP contribution in [0.25, 0.3) is 10.9 Å². The van der Waals surface area contributed by atoms with Crippen molar-refractivity contribution >= 4 is 22.6 Å². The number of ether oxygens (including phenoxy) is 1. The first-order valence-corrected chi connectivity index (χ1v) is 14.1. The highest BCUT2D eigenvalue weighted by Crippen LogP contribution is 2.34. The minimum Gasteiger partial charge on any atom is -0.373 e. The van der Waals surface area contributed by atoms with Crippen LogP contribution >= 0.6 is 0 Å². The van der Waals surface area contributed by atoms with E-state index in [1.54, 1.807) is 10.8 Å². The molecule has 0 atom stereocenters. The van der Waals surface area contributed by atoms with Gasteiger partial charge in [0.25, 0.3) is 5.91 Å². The van der Waals surface area contributed by atoms with E-state index in [1.807, 2.05) is 59.8 Å². The molecule has 0 aliphatic carbocycles. The molecule has 45 heavy (non-hydrogen) atoms. The molecule has 242 valence electrons. The molecule has 0 radical (unpaired) electrons. The Morgan fingerprint density at radius 3 is 2.11 bits per heavy atom. The minimum atomic E-state index is -4.52. The van der Waals surface area contributed by atoms with E-state index in [2.05, 4.69) is 36.7 Å². The number of benzene rings is 1. The van der Waals surface area contributed by atoms with E-state index in [1.165, 1.54) is 36.8 Å². The molecule has 0 bridgehead atoms. The average molecular weight is 623 g/mol. The Morgan fingerprint density at radius 2 is 1.64 bits per heavy atom. The van der Waals surface area contributed by atoms with Crippen molar-refractivity contribution in [3.63, 3.8) is 0 Å². The van der Waals surface area contributed by atoms with Crippen molar-refractivity contribution in [3.8, 4) is 6.07 Å². The number of hydrogen-bond donors (Lipinski definition) is 1. The second-order valence-corrected chi connectivity index (χ2v) is 10.1. The zero-order valence-electron chi connectivity index (χ0n) is 27.4. The Hall–Kier alpha value is -4.68. The van der Waals surface area contributed by atoms with Crippen LogP contribution in [0, 0.1) is 11.3 Å². The van der Waals surface area contributed by atoms with Crippen LogP contribution in [0.2, 0.25) is 0 Å². The maximum atomic E-state index is 13.2. The molecule has 0 saturated carbocycles. The molecular formula is C36H45F3N4O2. The number of halogens is 3. The van der Waals surface area contributed by atoms with E-state index < -0.39 is 17.6 Å². The third-order valence-electron chi connectivity index (χ3n) is 6.21. The number of allylic oxidation sites excluding steroid dienone is 9. The van der Waals surface area contributed by atoms with E-state index in [0.717, 1.165) is 35.5 Å². The van der Waals surface area contributed by atoms with Gasteiger partial charge < -0.3 is 10.1 Å². The number of aromatic nitrogens is 2. The summed E-state index contributed by atoms with van der Waals surface area (Å²) in [6.07, 6.45) is 5.36. The van der Waals surface area contributed by atoms with Gasteiger partial charge in [-0.3, -0.25) is 9.48 Å². The Labute approximate surface area is 266 Å². The van der Waals surface area contributed by atoms with E-state index in [4.69, 9.17) is 10.00 Å². The molecule has 0 spiro atoms. The van der Waals surface area contributed by atoms with Crippen LogP contribution in [0.5, 0.6) is 0 Å². The fourth-order valence-electron chi connectivity index (χ4n) is 2.93. The molecule has 2 aromatic rings. The highest BCUT2D eigenvalue weighted by atomic mass is 19.4. The topological polar surface area (TPSA) is 79.9 Å². The first kappa shape index (κ1) is 40.3. The molecule has 1 aromatic carbocycles. The lowest BCUT2D eigenvalue weighted by atomic mass is 10.1. The molecule has 1 amide bonds. The van der Waals surface area contributed by atoms with Gasteiger partial charge in [-0.15, -0.1) is 6.58 Å². The Bertz CT molecular complexity index is 1520. The highest BCUT2D eigenvalue weighted by molar-refractivity contribution is 6.07. The average Bonchev–Trinajstić information content (AvgIpc) is 3.33. The lowest BCUT2D eigenvalue weighted by molar-refractivity contribution is -0.137. The molecule has 0 unspecified atom stereocenters. The van der Waals surface area contributed by atoms with Crippen molar-refractivity contribution in [2.45, 2.75) is 61.2 Å². The third kappa shape index (κ3) is 15.1. The first-order chi connectivity index (χ1) is 21.0. The van der Waals surface area contributed by atoms with E-state index >= 15 is 0 Å². The maximum Gasteiger partial charge on any atom is 0.416 e. The quantitative estimate of drug-likeness (QED) is 0.0889. The molecule has 0 aliphatic heterocycles. The number of anilines is 1. The van der Waals surface area contributed by atoms with Gasteiger partial charge in [0.15, 0.2) is 5.82 Å². The predicted molar refractivity (Wildman–Crippen MR) is 181 cm³/mol. The van der Waals surface area contributed by atoms with Crippen LogP contribution < -0.4 is 5.32 Å². The monoisotopic (exact) mass is 622 g/mol. The van der Waals surface area contributed by atoms with Gasteiger partial charge in [0.1, 0.15) is 0 Å². The van der Waals surface area contributed by atoms with Gasteiger partial charge in [-0.25, -0.2) is 0 Å². The summed E-state index contributed by atoms with van der Waals surface area (Å²) in [5.41, 5.74) is 4.53. The number of nitrogens with zero attached hydrogens (tertiary/aromatic N) is 3. The summed E-state index contributed by atoms with van der Waals surface area (Å²) in [6, 6.07) is 5.22. The van der Waals surface area contributed by atoms with Crippen molar-refractivity contribution in [1.29, 1.82) is 5.26 Å². The summed E-state index contributed by atoms with van der Waals surface area (Å²) >= 11 is 0. The molecule has 2 rings (SSSR count). The SMILES string of the molecule is C=C(C)C(=C)C.C=C/C(C#N)=C\C=C(/C)C(=O)Nc1nn(C/C(C)=C/C)c2ccc(C(F)(F)F)cc12.C=CCOC/C(C)=C/C. The lowest BCUT2D eigenvalue weighted by Gasteiger charge is -2.07. The number of alkyl halides is 3. The number of amides is 1. The van der Waals surface area contributed by atoms with Crippen LogP contribution in [0.3, 0.4) is 0 Å². The maximum absolute atomic E-state index is 13.2. The van der Waals surface area contributed by atoms with Gasteiger partial charge >= 0.3 is 6.18 Å². The van der Waals surface area contributed by atoms with Crippen LogP contribution in [-0.4, -0.2) is 28.9 Å². The molecule has 1 aromatic heterocycles. The molecular weight excluding hydrogens is 577 g/mol. The van der Waals surface area contributed by atoms with Gasteiger partial charge in [0.05, 0.1) is 42.5 Å². The summed E-state index contributed by atoms with van der Waals surface area (Å²) in [6.45, 7) is 29.3. The summed E-state index contributed by atoms with van der Waals surface area (Å²) in [4.78, 5) is 12.5. The van der Waals surface area contributed by atoms with Gasteiger partial charge in [0.2, 0.25) is 0 Å². The van der Waals surface area contributed by atoms with Crippen molar-refractivity contribution in [1.82, 2.24) is 9.78 Å². The number of fused-ring (bicyclic) bond motifs is 1. The van der Waals surface area contributed by atoms with Crippen molar-refractivity contribution in [2.24, 2.45) is 0 Å². The van der Waals surface area contributed by atoms with Crippen molar-refractivity contribution in [3.05, 3.63) is 120 Å². The normalized spacial score (nSPS) is 12.2. The standard InChI is InChI=1S/C22H21F3N4O.C8H14O.C6H10/c1-5-14(3)13-29-19-10-9-17(22(23,24)25)11-18(19)20(28-29)27-21(30)15(4)7-8-16(6-2)12-26;1-4-6-9-7-8(3)5-2;1-5(2)6(3)4/h5-11H,2,13H2,1,3-4H3,(H,27,28,30);4-5H,1,6-7H2,2-3H3;1,3H2,2,4H3/b14-5+,15-7+,16-8+;8-5+;. The first-order valence-electron chi connectivity index (χ1n) is 14.1. The second kappa shape index (κ2) is 20.3. The number of hydrogen-bond acceptors (Lipinski definition) is 4. The van der Waals surface area contributed by atoms with Gasteiger partial charge in [0, 0.05) is 11.0 Å². The zero-order valence-corrected chi connectivity index (χ0v) is 27.4. The fraction of sp³-hybridized carbons (Fsp3) is 0.306.